The number of aryl methyl sites for hydroxylation is 1. The van der Waals surface area contributed by atoms with Crippen LogP contribution in [0.4, 0.5) is 0 Å². The van der Waals surface area contributed by atoms with Gasteiger partial charge in [-0.25, -0.2) is 0 Å². The monoisotopic (exact) mass is 297 g/mol. The van der Waals surface area contributed by atoms with Gasteiger partial charge in [-0.3, -0.25) is 0 Å². The topological polar surface area (TPSA) is 4.93 Å². The van der Waals surface area contributed by atoms with Crippen LogP contribution in [-0.2, 0) is 6.54 Å². The second-order valence-corrected chi connectivity index (χ2v) is 6.07. The third-order valence-electron chi connectivity index (χ3n) is 4.35. The third-order valence-corrected chi connectivity index (χ3v) is 4.35. The van der Waals surface area contributed by atoms with Gasteiger partial charge >= 0.3 is 0 Å². The van der Waals surface area contributed by atoms with E-state index in [1.807, 2.05) is 0 Å². The zero-order chi connectivity index (χ0) is 15.6. The lowest BCUT2D eigenvalue weighted by atomic mass is 10.0. The predicted molar refractivity (Wildman–Crippen MR) is 97.7 cm³/mol. The van der Waals surface area contributed by atoms with Crippen molar-refractivity contribution >= 4 is 10.9 Å². The van der Waals surface area contributed by atoms with Crippen molar-refractivity contribution in [3.05, 3.63) is 96.2 Å². The van der Waals surface area contributed by atoms with Crippen LogP contribution in [0.2, 0.25) is 0 Å². The largest absolute Gasteiger partial charge is 0.343 e. The Labute approximate surface area is 136 Å². The molecule has 0 aliphatic rings. The molecule has 23 heavy (non-hydrogen) atoms. The molecule has 0 amide bonds. The quantitative estimate of drug-likeness (QED) is 0.459. The van der Waals surface area contributed by atoms with Gasteiger partial charge in [-0.2, -0.15) is 0 Å². The molecule has 1 heterocycles. The Kier molecular flexibility index (Phi) is 3.47. The number of rotatable bonds is 3. The van der Waals surface area contributed by atoms with Crippen molar-refractivity contribution in [1.82, 2.24) is 4.57 Å². The summed E-state index contributed by atoms with van der Waals surface area (Å²) in [7, 11) is 0. The summed E-state index contributed by atoms with van der Waals surface area (Å²) in [5, 5.41) is 1.29. The van der Waals surface area contributed by atoms with Gasteiger partial charge in [-0.1, -0.05) is 66.2 Å². The average molecular weight is 297 g/mol. The third kappa shape index (κ3) is 2.78. The Morgan fingerprint density at radius 3 is 2.30 bits per heavy atom. The maximum absolute atomic E-state index is 2.31. The highest BCUT2D eigenvalue weighted by molar-refractivity contribution is 5.85. The van der Waals surface area contributed by atoms with E-state index in [1.165, 1.54) is 33.2 Å². The summed E-state index contributed by atoms with van der Waals surface area (Å²) in [5.74, 6) is 0. The van der Waals surface area contributed by atoms with Gasteiger partial charge in [0.1, 0.15) is 0 Å². The highest BCUT2D eigenvalue weighted by Crippen LogP contribution is 2.25. The molecule has 0 spiro atoms. The van der Waals surface area contributed by atoms with Crippen molar-refractivity contribution in [2.45, 2.75) is 13.5 Å². The maximum Gasteiger partial charge on any atom is 0.0483 e. The summed E-state index contributed by atoms with van der Waals surface area (Å²) in [6.45, 7) is 3.04. The first-order valence-electron chi connectivity index (χ1n) is 7.99. The first-order valence-corrected chi connectivity index (χ1v) is 7.99. The summed E-state index contributed by atoms with van der Waals surface area (Å²) in [6.07, 6.45) is 2.18. The molecule has 3 aromatic carbocycles. The van der Waals surface area contributed by atoms with Crippen LogP contribution in [0.15, 0.2) is 85.1 Å². The smallest absolute Gasteiger partial charge is 0.0483 e. The molecule has 4 rings (SSSR count). The van der Waals surface area contributed by atoms with Gasteiger partial charge in [0.25, 0.3) is 0 Å². The van der Waals surface area contributed by atoms with Crippen LogP contribution in [0.5, 0.6) is 0 Å². The van der Waals surface area contributed by atoms with E-state index >= 15 is 0 Å². The Morgan fingerprint density at radius 1 is 0.739 bits per heavy atom. The summed E-state index contributed by atoms with van der Waals surface area (Å²) in [5.41, 5.74) is 6.45. The van der Waals surface area contributed by atoms with Crippen LogP contribution in [0, 0.1) is 6.92 Å². The molecule has 0 saturated carbocycles. The van der Waals surface area contributed by atoms with E-state index in [0.717, 1.165) is 6.54 Å². The number of aromatic nitrogens is 1. The van der Waals surface area contributed by atoms with Crippen LogP contribution in [0.3, 0.4) is 0 Å². The van der Waals surface area contributed by atoms with Crippen LogP contribution < -0.4 is 0 Å². The predicted octanol–water partition coefficient (Wildman–Crippen LogP) is 5.67. The van der Waals surface area contributed by atoms with Crippen molar-refractivity contribution in [3.8, 4) is 11.1 Å². The molecule has 0 saturated heterocycles. The fraction of sp³-hybridized carbons (Fsp3) is 0.0909. The van der Waals surface area contributed by atoms with Gasteiger partial charge < -0.3 is 4.57 Å². The fourth-order valence-corrected chi connectivity index (χ4v) is 3.04. The number of fused-ring (bicyclic) bond motifs is 1. The first-order chi connectivity index (χ1) is 11.3. The number of hydrogen-bond donors (Lipinski definition) is 0. The Bertz CT molecular complexity index is 931. The minimum atomic E-state index is 0.911. The molecule has 0 aliphatic carbocycles. The molecule has 1 aromatic heterocycles. The molecule has 0 radical (unpaired) electrons. The molecule has 4 aromatic rings. The van der Waals surface area contributed by atoms with E-state index in [9.17, 15) is 0 Å². The highest BCUT2D eigenvalue weighted by Gasteiger charge is 2.04. The standard InChI is InChI=1S/C22H19N/c1-17-7-9-18(10-8-17)16-23-14-13-21-15-20(11-12-22(21)23)19-5-3-2-4-6-19/h2-15H,16H2,1H3. The number of hydrogen-bond acceptors (Lipinski definition) is 0. The highest BCUT2D eigenvalue weighted by atomic mass is 14.9. The van der Waals surface area contributed by atoms with Gasteiger partial charge in [0, 0.05) is 23.6 Å². The van der Waals surface area contributed by atoms with E-state index in [2.05, 4.69) is 96.6 Å². The van der Waals surface area contributed by atoms with Crippen molar-refractivity contribution in [2.75, 3.05) is 0 Å². The second-order valence-electron chi connectivity index (χ2n) is 6.07. The van der Waals surface area contributed by atoms with Crippen LogP contribution >= 0.6 is 0 Å². The minimum Gasteiger partial charge on any atom is -0.343 e. The number of nitrogens with zero attached hydrogens (tertiary/aromatic N) is 1. The molecular weight excluding hydrogens is 278 g/mol. The van der Waals surface area contributed by atoms with Gasteiger partial charge in [-0.05, 0) is 41.8 Å². The van der Waals surface area contributed by atoms with Gasteiger partial charge in [-0.15, -0.1) is 0 Å². The van der Waals surface area contributed by atoms with Crippen LogP contribution in [0.1, 0.15) is 11.1 Å². The molecule has 0 unspecified atom stereocenters. The molecule has 0 fully saturated rings. The lowest BCUT2D eigenvalue weighted by Gasteiger charge is -2.07. The Hall–Kier alpha value is -2.80. The van der Waals surface area contributed by atoms with Gasteiger partial charge in [0.2, 0.25) is 0 Å². The lowest BCUT2D eigenvalue weighted by Crippen LogP contribution is -1.97. The minimum absolute atomic E-state index is 0.911. The average Bonchev–Trinajstić information content (AvgIpc) is 3.00. The lowest BCUT2D eigenvalue weighted by molar-refractivity contribution is 0.836. The van der Waals surface area contributed by atoms with Crippen molar-refractivity contribution < 1.29 is 0 Å². The van der Waals surface area contributed by atoms with E-state index in [0.29, 0.717) is 0 Å². The molecule has 0 N–H and O–H groups in total. The molecule has 112 valence electrons. The van der Waals surface area contributed by atoms with E-state index in [4.69, 9.17) is 0 Å². The fourth-order valence-electron chi connectivity index (χ4n) is 3.04. The zero-order valence-corrected chi connectivity index (χ0v) is 13.2. The van der Waals surface area contributed by atoms with Gasteiger partial charge in [0.15, 0.2) is 0 Å². The van der Waals surface area contributed by atoms with Gasteiger partial charge in [0.05, 0.1) is 0 Å². The molecule has 0 bridgehead atoms. The van der Waals surface area contributed by atoms with Crippen molar-refractivity contribution in [3.63, 3.8) is 0 Å². The van der Waals surface area contributed by atoms with E-state index in [-0.39, 0.29) is 0 Å². The van der Waals surface area contributed by atoms with Crippen LogP contribution in [-0.4, -0.2) is 4.57 Å². The molecular formula is C22H19N. The van der Waals surface area contributed by atoms with E-state index in [1.54, 1.807) is 0 Å². The zero-order valence-electron chi connectivity index (χ0n) is 13.2. The first kappa shape index (κ1) is 13.8. The molecule has 0 atom stereocenters. The molecule has 1 heteroatoms. The van der Waals surface area contributed by atoms with E-state index < -0.39 is 0 Å². The van der Waals surface area contributed by atoms with Crippen molar-refractivity contribution in [2.24, 2.45) is 0 Å². The van der Waals surface area contributed by atoms with Crippen LogP contribution in [0.25, 0.3) is 22.0 Å². The normalized spacial score (nSPS) is 11.0. The summed E-state index contributed by atoms with van der Waals surface area (Å²) in [4.78, 5) is 0. The Morgan fingerprint density at radius 2 is 1.52 bits per heavy atom. The summed E-state index contributed by atoms with van der Waals surface area (Å²) < 4.78 is 2.31. The van der Waals surface area contributed by atoms with Crippen molar-refractivity contribution in [1.29, 1.82) is 0 Å². The SMILES string of the molecule is Cc1ccc(Cn2ccc3cc(-c4ccccc4)ccc32)cc1. The maximum atomic E-state index is 2.31. The second kappa shape index (κ2) is 5.77. The summed E-state index contributed by atoms with van der Waals surface area (Å²) in [6, 6.07) is 28.2. The molecule has 0 aliphatic heterocycles. The number of benzene rings is 3. The molecule has 1 nitrogen and oxygen atoms in total. The Balaban J connectivity index is 1.69. The summed E-state index contributed by atoms with van der Waals surface area (Å²) >= 11 is 0.